The van der Waals surface area contributed by atoms with E-state index in [-0.39, 0.29) is 23.5 Å². The summed E-state index contributed by atoms with van der Waals surface area (Å²) in [6.07, 6.45) is 7.34. The number of anilines is 1. The number of fused-ring (bicyclic) bond motifs is 1. The van der Waals surface area contributed by atoms with Crippen LogP contribution in [-0.4, -0.2) is 56.6 Å². The molecule has 1 unspecified atom stereocenters. The maximum Gasteiger partial charge on any atom is 0.254 e. The lowest BCUT2D eigenvalue weighted by Gasteiger charge is -2.47. The molecule has 6 rings (SSSR count). The fourth-order valence-corrected chi connectivity index (χ4v) is 5.73. The molecular weight excluding hydrogens is 418 g/mol. The topological polar surface area (TPSA) is 112 Å². The number of aromatic amines is 2. The van der Waals surface area contributed by atoms with E-state index in [1.807, 2.05) is 6.92 Å². The van der Waals surface area contributed by atoms with E-state index in [9.17, 15) is 4.79 Å². The van der Waals surface area contributed by atoms with Crippen LogP contribution < -0.4 is 10.2 Å². The van der Waals surface area contributed by atoms with Gasteiger partial charge in [-0.15, -0.1) is 0 Å². The highest BCUT2D eigenvalue weighted by Crippen LogP contribution is 2.43. The van der Waals surface area contributed by atoms with E-state index in [1.165, 1.54) is 5.56 Å². The maximum absolute atomic E-state index is 13.0. The van der Waals surface area contributed by atoms with Crippen molar-refractivity contribution in [2.45, 2.75) is 57.1 Å². The number of carbonyl (C=O) groups excluding carboxylic acids is 1. The first kappa shape index (κ1) is 20.4. The van der Waals surface area contributed by atoms with E-state index in [0.717, 1.165) is 73.8 Å². The van der Waals surface area contributed by atoms with Crippen LogP contribution in [0.5, 0.6) is 0 Å². The second-order valence-electron chi connectivity index (χ2n) is 9.63. The molecule has 3 aromatic rings. The summed E-state index contributed by atoms with van der Waals surface area (Å²) < 4.78 is 5.97. The van der Waals surface area contributed by atoms with Gasteiger partial charge in [-0.1, -0.05) is 6.07 Å². The summed E-state index contributed by atoms with van der Waals surface area (Å²) in [5.41, 5.74) is 5.94. The molecule has 0 aromatic carbocycles. The molecule has 9 nitrogen and oxygen atoms in total. The summed E-state index contributed by atoms with van der Waals surface area (Å²) in [5, 5.41) is 17.6. The van der Waals surface area contributed by atoms with Gasteiger partial charge < -0.3 is 15.0 Å². The van der Waals surface area contributed by atoms with E-state index in [0.29, 0.717) is 5.56 Å². The van der Waals surface area contributed by atoms with Crippen LogP contribution in [0.4, 0.5) is 5.82 Å². The smallest absolute Gasteiger partial charge is 0.254 e. The van der Waals surface area contributed by atoms with Gasteiger partial charge in [0.15, 0.2) is 0 Å². The predicted molar refractivity (Wildman–Crippen MR) is 122 cm³/mol. The Morgan fingerprint density at radius 2 is 2.21 bits per heavy atom. The number of aromatic nitrogens is 5. The van der Waals surface area contributed by atoms with Crippen LogP contribution in [0.25, 0.3) is 0 Å². The average molecular weight is 448 g/mol. The fourth-order valence-electron chi connectivity index (χ4n) is 5.73. The van der Waals surface area contributed by atoms with Gasteiger partial charge in [0.2, 0.25) is 0 Å². The second kappa shape index (κ2) is 7.69. The number of rotatable bonds is 5. The number of hydrogen-bond donors (Lipinski definition) is 3. The average Bonchev–Trinajstić information content (AvgIpc) is 3.57. The highest BCUT2D eigenvalue weighted by molar-refractivity contribution is 5.94. The number of nitrogens with one attached hydrogen (secondary N) is 3. The summed E-state index contributed by atoms with van der Waals surface area (Å²) in [4.78, 5) is 20.2. The molecule has 1 aliphatic carbocycles. The van der Waals surface area contributed by atoms with Gasteiger partial charge in [-0.05, 0) is 56.7 Å². The summed E-state index contributed by atoms with van der Waals surface area (Å²) in [6.45, 7) is 6.76. The first-order valence-electron chi connectivity index (χ1n) is 11.7. The minimum atomic E-state index is -0.223. The molecule has 3 N–H and O–H groups in total. The largest absolute Gasteiger partial charge is 0.371 e. The molecule has 2 fully saturated rings. The number of ether oxygens (including phenoxy) is 1. The van der Waals surface area contributed by atoms with Gasteiger partial charge in [0.1, 0.15) is 11.4 Å². The van der Waals surface area contributed by atoms with E-state index in [4.69, 9.17) is 9.72 Å². The van der Waals surface area contributed by atoms with Crippen LogP contribution in [-0.2, 0) is 11.2 Å². The van der Waals surface area contributed by atoms with E-state index < -0.39 is 0 Å². The zero-order chi connectivity index (χ0) is 22.6. The molecule has 9 heteroatoms. The highest BCUT2D eigenvalue weighted by Gasteiger charge is 2.47. The Morgan fingerprint density at radius 1 is 1.33 bits per heavy atom. The molecule has 3 aliphatic rings. The summed E-state index contributed by atoms with van der Waals surface area (Å²) in [5.74, 6) is 0.910. The minimum Gasteiger partial charge on any atom is -0.371 e. The van der Waals surface area contributed by atoms with E-state index in [2.05, 4.69) is 49.7 Å². The number of nitrogens with zero attached hydrogens (tertiary/aromatic N) is 4. The Labute approximate surface area is 192 Å². The Morgan fingerprint density at radius 3 is 2.94 bits per heavy atom. The fraction of sp³-hybridized carbons (Fsp3) is 0.500. The standard InChI is InChI=1S/C24H29N7O2/c1-14-17(6-7-20(27-14)31-12-24(13-31)8-3-9-33-24)21(28-23(32)16-10-25-26-11-16)19-5-4-18-15(2)29-30-22(18)19/h6-7,10-11,19,21H,3-5,8-9,12-13H2,1-2H3,(H,25,26)(H,28,32)(H,29,30)/t19-,21?/m1/s1. The van der Waals surface area contributed by atoms with Crippen molar-refractivity contribution in [1.82, 2.24) is 30.7 Å². The SMILES string of the molecule is Cc1nc(N2CC3(CCCO3)C2)ccc1C(NC(=O)c1cn[nH]c1)[C@H]1CCc2c1n[nH]c2C. The van der Waals surface area contributed by atoms with E-state index >= 15 is 0 Å². The minimum absolute atomic E-state index is 0.0351. The third-order valence-corrected chi connectivity index (χ3v) is 7.53. The number of pyridine rings is 1. The van der Waals surface area contributed by atoms with Gasteiger partial charge in [-0.3, -0.25) is 15.0 Å². The van der Waals surface area contributed by atoms with Crippen LogP contribution in [0.2, 0.25) is 0 Å². The molecule has 2 aliphatic heterocycles. The molecule has 172 valence electrons. The van der Waals surface area contributed by atoms with Crippen molar-refractivity contribution in [1.29, 1.82) is 0 Å². The number of H-pyrrole nitrogens is 2. The zero-order valence-electron chi connectivity index (χ0n) is 19.0. The van der Waals surface area contributed by atoms with Crippen molar-refractivity contribution < 1.29 is 9.53 Å². The molecule has 2 atom stereocenters. The van der Waals surface area contributed by atoms with Crippen LogP contribution in [0.3, 0.4) is 0 Å². The molecule has 0 radical (unpaired) electrons. The van der Waals surface area contributed by atoms with Gasteiger partial charge in [-0.2, -0.15) is 10.2 Å². The number of hydrogen-bond acceptors (Lipinski definition) is 6. The summed E-state index contributed by atoms with van der Waals surface area (Å²) in [7, 11) is 0. The monoisotopic (exact) mass is 447 g/mol. The number of amides is 1. The first-order valence-corrected chi connectivity index (χ1v) is 11.7. The Kier molecular flexibility index (Phi) is 4.76. The summed E-state index contributed by atoms with van der Waals surface area (Å²) >= 11 is 0. The number of aryl methyl sites for hydroxylation is 2. The van der Waals surface area contributed by atoms with Crippen LogP contribution >= 0.6 is 0 Å². The zero-order valence-corrected chi connectivity index (χ0v) is 19.0. The normalized spacial score (nSPS) is 21.8. The van der Waals surface area contributed by atoms with Crippen molar-refractivity contribution in [3.05, 3.63) is 58.3 Å². The molecule has 0 bridgehead atoms. The van der Waals surface area contributed by atoms with Crippen LogP contribution in [0.15, 0.2) is 24.5 Å². The molecule has 1 spiro atoms. The quantitative estimate of drug-likeness (QED) is 0.555. The number of carbonyl (C=O) groups is 1. The first-order chi connectivity index (χ1) is 16.0. The molecular formula is C24H29N7O2. The molecule has 3 aromatic heterocycles. The van der Waals surface area contributed by atoms with Crippen LogP contribution in [0.1, 0.15) is 69.8 Å². The van der Waals surface area contributed by atoms with Gasteiger partial charge in [0, 0.05) is 30.1 Å². The van der Waals surface area contributed by atoms with Gasteiger partial charge >= 0.3 is 0 Å². The second-order valence-corrected chi connectivity index (χ2v) is 9.63. The molecule has 0 saturated carbocycles. The van der Waals surface area contributed by atoms with Crippen molar-refractivity contribution in [2.24, 2.45) is 0 Å². The molecule has 2 saturated heterocycles. The van der Waals surface area contributed by atoms with E-state index in [1.54, 1.807) is 12.4 Å². The molecule has 1 amide bonds. The Balaban J connectivity index is 1.29. The summed E-state index contributed by atoms with van der Waals surface area (Å²) in [6, 6.07) is 3.97. The third-order valence-electron chi connectivity index (χ3n) is 7.53. The van der Waals surface area contributed by atoms with Crippen molar-refractivity contribution in [2.75, 3.05) is 24.6 Å². The van der Waals surface area contributed by atoms with Crippen LogP contribution in [0, 0.1) is 13.8 Å². The Bertz CT molecular complexity index is 1170. The molecule has 33 heavy (non-hydrogen) atoms. The predicted octanol–water partition coefficient (Wildman–Crippen LogP) is 2.71. The van der Waals surface area contributed by atoms with Gasteiger partial charge in [0.05, 0.1) is 36.6 Å². The maximum atomic E-state index is 13.0. The van der Waals surface area contributed by atoms with Crippen molar-refractivity contribution in [3.8, 4) is 0 Å². The van der Waals surface area contributed by atoms with Gasteiger partial charge in [0.25, 0.3) is 5.91 Å². The lowest BCUT2D eigenvalue weighted by atomic mass is 9.89. The van der Waals surface area contributed by atoms with Crippen molar-refractivity contribution in [3.63, 3.8) is 0 Å². The highest BCUT2D eigenvalue weighted by atomic mass is 16.5. The lowest BCUT2D eigenvalue weighted by molar-refractivity contribution is -0.0184. The third kappa shape index (κ3) is 3.42. The molecule has 5 heterocycles. The van der Waals surface area contributed by atoms with Gasteiger partial charge in [-0.25, -0.2) is 4.98 Å². The Hall–Kier alpha value is -3.20. The van der Waals surface area contributed by atoms with Crippen molar-refractivity contribution >= 4 is 11.7 Å². The lowest BCUT2D eigenvalue weighted by Crippen LogP contribution is -2.61.